The lowest BCUT2D eigenvalue weighted by molar-refractivity contribution is 0.464. The van der Waals surface area contributed by atoms with Crippen molar-refractivity contribution in [1.29, 1.82) is 0 Å². The normalized spacial score (nSPS) is 18.5. The molecule has 6 nitrogen and oxygen atoms in total. The van der Waals surface area contributed by atoms with Gasteiger partial charge in [-0.2, -0.15) is 0 Å². The van der Waals surface area contributed by atoms with E-state index in [1.807, 2.05) is 37.5 Å². The van der Waals surface area contributed by atoms with Crippen molar-refractivity contribution < 1.29 is 4.42 Å². The van der Waals surface area contributed by atoms with Gasteiger partial charge in [0.2, 0.25) is 0 Å². The van der Waals surface area contributed by atoms with E-state index in [9.17, 15) is 0 Å². The number of rotatable bonds is 5. The third-order valence-corrected chi connectivity index (χ3v) is 4.20. The molecule has 0 aliphatic carbocycles. The molecule has 6 heteroatoms. The highest BCUT2D eigenvalue weighted by Crippen LogP contribution is 2.17. The zero-order valence-corrected chi connectivity index (χ0v) is 14.1. The van der Waals surface area contributed by atoms with Crippen molar-refractivity contribution in [3.63, 3.8) is 0 Å². The van der Waals surface area contributed by atoms with E-state index in [1.54, 1.807) is 6.26 Å². The number of piperidine rings is 1. The van der Waals surface area contributed by atoms with Crippen LogP contribution in [0.5, 0.6) is 0 Å². The number of furan rings is 1. The number of aliphatic imine (C=N–C) groups is 1. The molecular formula is C18H25N5O. The van der Waals surface area contributed by atoms with E-state index < -0.39 is 0 Å². The minimum absolute atomic E-state index is 0.371. The van der Waals surface area contributed by atoms with Crippen LogP contribution in [0.1, 0.15) is 18.6 Å². The maximum Gasteiger partial charge on any atom is 0.191 e. The molecule has 1 fully saturated rings. The predicted molar refractivity (Wildman–Crippen MR) is 96.4 cm³/mol. The van der Waals surface area contributed by atoms with Crippen molar-refractivity contribution in [2.75, 3.05) is 31.6 Å². The van der Waals surface area contributed by atoms with Gasteiger partial charge in [-0.05, 0) is 37.1 Å². The monoisotopic (exact) mass is 327 g/mol. The molecular weight excluding hydrogens is 302 g/mol. The second-order valence-electron chi connectivity index (χ2n) is 5.95. The molecule has 0 aromatic carbocycles. The largest absolute Gasteiger partial charge is 0.469 e. The average molecular weight is 327 g/mol. The molecule has 2 aromatic heterocycles. The minimum Gasteiger partial charge on any atom is -0.469 e. The van der Waals surface area contributed by atoms with Gasteiger partial charge in [0.25, 0.3) is 0 Å². The average Bonchev–Trinajstić information content (AvgIpc) is 3.15. The summed E-state index contributed by atoms with van der Waals surface area (Å²) in [5.41, 5.74) is 0. The number of guanidine groups is 1. The molecule has 1 atom stereocenters. The molecule has 24 heavy (non-hydrogen) atoms. The summed E-state index contributed by atoms with van der Waals surface area (Å²) in [6.07, 6.45) is 6.69. The van der Waals surface area contributed by atoms with Crippen molar-refractivity contribution in [3.8, 4) is 0 Å². The third-order valence-electron chi connectivity index (χ3n) is 4.20. The van der Waals surface area contributed by atoms with E-state index in [0.29, 0.717) is 6.04 Å². The summed E-state index contributed by atoms with van der Waals surface area (Å²) in [7, 11) is 1.81. The lowest BCUT2D eigenvalue weighted by Crippen LogP contribution is -2.51. The molecule has 1 saturated heterocycles. The van der Waals surface area contributed by atoms with Crippen LogP contribution in [0, 0.1) is 0 Å². The van der Waals surface area contributed by atoms with Gasteiger partial charge in [0, 0.05) is 45.3 Å². The van der Waals surface area contributed by atoms with Gasteiger partial charge < -0.3 is 20.0 Å². The Bertz CT molecular complexity index is 626. The quantitative estimate of drug-likeness (QED) is 0.650. The first kappa shape index (κ1) is 16.4. The summed E-state index contributed by atoms with van der Waals surface area (Å²) in [5, 5.41) is 6.88. The Labute approximate surface area is 143 Å². The Kier molecular flexibility index (Phi) is 5.71. The summed E-state index contributed by atoms with van der Waals surface area (Å²) in [5.74, 6) is 2.87. The van der Waals surface area contributed by atoms with Crippen LogP contribution < -0.4 is 15.5 Å². The molecule has 1 aliphatic heterocycles. The van der Waals surface area contributed by atoms with E-state index >= 15 is 0 Å². The number of pyridine rings is 1. The Morgan fingerprint density at radius 2 is 2.33 bits per heavy atom. The van der Waals surface area contributed by atoms with Gasteiger partial charge in [-0.25, -0.2) is 4.98 Å². The SMILES string of the molecule is CN=C(NCCc1ccco1)N[C@H]1CCCN(c2ccccn2)C1. The van der Waals surface area contributed by atoms with E-state index in [4.69, 9.17) is 4.42 Å². The fourth-order valence-corrected chi connectivity index (χ4v) is 2.99. The topological polar surface area (TPSA) is 65.7 Å². The van der Waals surface area contributed by atoms with Crippen LogP contribution in [0.2, 0.25) is 0 Å². The molecule has 0 radical (unpaired) electrons. The van der Waals surface area contributed by atoms with E-state index in [-0.39, 0.29) is 0 Å². The minimum atomic E-state index is 0.371. The number of aromatic nitrogens is 1. The highest BCUT2D eigenvalue weighted by Gasteiger charge is 2.21. The Morgan fingerprint density at radius 3 is 3.08 bits per heavy atom. The van der Waals surface area contributed by atoms with Crippen molar-refractivity contribution in [1.82, 2.24) is 15.6 Å². The molecule has 2 N–H and O–H groups in total. The lowest BCUT2D eigenvalue weighted by atomic mass is 10.1. The lowest BCUT2D eigenvalue weighted by Gasteiger charge is -2.34. The summed E-state index contributed by atoms with van der Waals surface area (Å²) in [4.78, 5) is 11.1. The van der Waals surface area contributed by atoms with Crippen molar-refractivity contribution in [3.05, 3.63) is 48.6 Å². The van der Waals surface area contributed by atoms with Gasteiger partial charge in [0.1, 0.15) is 11.6 Å². The zero-order chi connectivity index (χ0) is 16.6. The molecule has 0 amide bonds. The van der Waals surface area contributed by atoms with Gasteiger partial charge in [0.15, 0.2) is 5.96 Å². The number of hydrogen-bond donors (Lipinski definition) is 2. The Morgan fingerprint density at radius 1 is 1.38 bits per heavy atom. The first-order valence-corrected chi connectivity index (χ1v) is 8.50. The number of hydrogen-bond acceptors (Lipinski definition) is 4. The second-order valence-corrected chi connectivity index (χ2v) is 5.95. The van der Waals surface area contributed by atoms with Gasteiger partial charge in [0.05, 0.1) is 6.26 Å². The first-order chi connectivity index (χ1) is 11.8. The molecule has 3 rings (SSSR count). The smallest absolute Gasteiger partial charge is 0.191 e. The molecule has 128 valence electrons. The van der Waals surface area contributed by atoms with Crippen LogP contribution in [0.15, 0.2) is 52.2 Å². The second kappa shape index (κ2) is 8.38. The third kappa shape index (κ3) is 4.50. The van der Waals surface area contributed by atoms with Crippen LogP contribution in [-0.4, -0.2) is 43.7 Å². The van der Waals surface area contributed by atoms with Crippen LogP contribution in [0.25, 0.3) is 0 Å². The predicted octanol–water partition coefficient (Wildman–Crippen LogP) is 2.05. The van der Waals surface area contributed by atoms with Crippen molar-refractivity contribution in [2.24, 2.45) is 4.99 Å². The molecule has 2 aromatic rings. The van der Waals surface area contributed by atoms with Gasteiger partial charge in [-0.15, -0.1) is 0 Å². The number of anilines is 1. The summed E-state index contributed by atoms with van der Waals surface area (Å²) >= 11 is 0. The van der Waals surface area contributed by atoms with Crippen LogP contribution in [0.4, 0.5) is 5.82 Å². The molecule has 3 heterocycles. The highest BCUT2D eigenvalue weighted by atomic mass is 16.3. The maximum absolute atomic E-state index is 5.35. The van der Waals surface area contributed by atoms with Crippen LogP contribution >= 0.6 is 0 Å². The Hall–Kier alpha value is -2.50. The van der Waals surface area contributed by atoms with E-state index in [2.05, 4.69) is 31.6 Å². The number of nitrogens with one attached hydrogen (secondary N) is 2. The molecule has 0 bridgehead atoms. The van der Waals surface area contributed by atoms with Crippen molar-refractivity contribution in [2.45, 2.75) is 25.3 Å². The zero-order valence-electron chi connectivity index (χ0n) is 14.1. The van der Waals surface area contributed by atoms with Crippen LogP contribution in [0.3, 0.4) is 0 Å². The summed E-state index contributed by atoms with van der Waals surface area (Å²) in [6.45, 7) is 2.79. The standard InChI is InChI=1S/C18H25N5O/c1-19-18(21-11-9-16-7-5-13-24-16)22-15-6-4-12-23(14-15)17-8-2-3-10-20-17/h2-3,5,7-8,10,13,15H,4,6,9,11-12,14H2,1H3,(H2,19,21,22)/t15-/m0/s1. The highest BCUT2D eigenvalue weighted by molar-refractivity contribution is 5.80. The van der Waals surface area contributed by atoms with E-state index in [1.165, 1.54) is 0 Å². The van der Waals surface area contributed by atoms with Gasteiger partial charge >= 0.3 is 0 Å². The molecule has 0 saturated carbocycles. The van der Waals surface area contributed by atoms with Gasteiger partial charge in [-0.1, -0.05) is 6.07 Å². The first-order valence-electron chi connectivity index (χ1n) is 8.50. The fourth-order valence-electron chi connectivity index (χ4n) is 2.99. The van der Waals surface area contributed by atoms with E-state index in [0.717, 1.165) is 56.4 Å². The molecule has 1 aliphatic rings. The van der Waals surface area contributed by atoms with Gasteiger partial charge in [-0.3, -0.25) is 4.99 Å². The molecule has 0 unspecified atom stereocenters. The van der Waals surface area contributed by atoms with Crippen LogP contribution in [-0.2, 0) is 6.42 Å². The maximum atomic E-state index is 5.35. The summed E-state index contributed by atoms with van der Waals surface area (Å²) in [6, 6.07) is 10.3. The molecule has 0 spiro atoms. The fraction of sp³-hybridized carbons (Fsp3) is 0.444. The Balaban J connectivity index is 1.48. The van der Waals surface area contributed by atoms with Crippen molar-refractivity contribution >= 4 is 11.8 Å². The summed E-state index contributed by atoms with van der Waals surface area (Å²) < 4.78 is 5.35. The number of nitrogens with zero attached hydrogens (tertiary/aromatic N) is 3.